The topological polar surface area (TPSA) is 66.9 Å². The molecule has 0 radical (unpaired) electrons. The summed E-state index contributed by atoms with van der Waals surface area (Å²) in [5.74, 6) is -0.232. The van der Waals surface area contributed by atoms with Crippen LogP contribution < -0.4 is 9.64 Å². The van der Waals surface area contributed by atoms with Crippen molar-refractivity contribution >= 4 is 5.95 Å². The number of anilines is 1. The standard InChI is InChI=1S/C13H18FN5O/c1-4-5-9-6-10(18-17-9)8-19(2)13-15-7-11(14)12(16-13)20-3/h6-7H,4-5,8H2,1-3H3,(H,17,18). The molecule has 0 bridgehead atoms. The quantitative estimate of drug-likeness (QED) is 0.875. The van der Waals surface area contributed by atoms with Crippen LogP contribution in [0.4, 0.5) is 10.3 Å². The van der Waals surface area contributed by atoms with Gasteiger partial charge in [-0.2, -0.15) is 14.5 Å². The first kappa shape index (κ1) is 14.2. The molecule has 0 amide bonds. The van der Waals surface area contributed by atoms with E-state index in [0.29, 0.717) is 12.5 Å². The van der Waals surface area contributed by atoms with Crippen molar-refractivity contribution in [2.75, 3.05) is 19.1 Å². The lowest BCUT2D eigenvalue weighted by Gasteiger charge is -2.16. The number of rotatable bonds is 6. The number of hydrogen-bond acceptors (Lipinski definition) is 5. The second kappa shape index (κ2) is 6.31. The highest BCUT2D eigenvalue weighted by Crippen LogP contribution is 2.17. The lowest BCUT2D eigenvalue weighted by atomic mass is 10.2. The molecule has 0 spiro atoms. The van der Waals surface area contributed by atoms with E-state index in [4.69, 9.17) is 4.74 Å². The third-order valence-corrected chi connectivity index (χ3v) is 2.83. The maximum atomic E-state index is 13.3. The number of nitrogens with one attached hydrogen (secondary N) is 1. The summed E-state index contributed by atoms with van der Waals surface area (Å²) in [7, 11) is 3.20. The number of aryl methyl sites for hydroxylation is 1. The zero-order chi connectivity index (χ0) is 14.5. The van der Waals surface area contributed by atoms with Gasteiger partial charge in [0, 0.05) is 7.05 Å². The Morgan fingerprint density at radius 3 is 2.95 bits per heavy atom. The van der Waals surface area contributed by atoms with Crippen LogP contribution in [0.25, 0.3) is 0 Å². The Hall–Kier alpha value is -2.18. The first-order valence-corrected chi connectivity index (χ1v) is 6.44. The monoisotopic (exact) mass is 279 g/mol. The van der Waals surface area contributed by atoms with Gasteiger partial charge < -0.3 is 9.64 Å². The summed E-state index contributed by atoms with van der Waals surface area (Å²) in [6.07, 6.45) is 3.10. The summed E-state index contributed by atoms with van der Waals surface area (Å²) in [4.78, 5) is 9.76. The molecule has 20 heavy (non-hydrogen) atoms. The van der Waals surface area contributed by atoms with Gasteiger partial charge >= 0.3 is 0 Å². The molecule has 0 fully saturated rings. The molecule has 0 saturated heterocycles. The highest BCUT2D eigenvalue weighted by Gasteiger charge is 2.12. The van der Waals surface area contributed by atoms with Crippen LogP contribution in [-0.4, -0.2) is 34.3 Å². The molecule has 0 aliphatic carbocycles. The van der Waals surface area contributed by atoms with Crippen molar-refractivity contribution in [1.29, 1.82) is 0 Å². The van der Waals surface area contributed by atoms with E-state index in [2.05, 4.69) is 27.1 Å². The van der Waals surface area contributed by atoms with Crippen molar-refractivity contribution in [3.8, 4) is 5.88 Å². The molecule has 2 aromatic rings. The predicted octanol–water partition coefficient (Wildman–Crippen LogP) is 1.94. The Balaban J connectivity index is 2.08. The largest absolute Gasteiger partial charge is 0.479 e. The third kappa shape index (κ3) is 3.23. The van der Waals surface area contributed by atoms with Gasteiger partial charge in [-0.1, -0.05) is 13.3 Å². The molecule has 108 valence electrons. The van der Waals surface area contributed by atoms with Crippen LogP contribution in [0.3, 0.4) is 0 Å². The molecule has 0 aromatic carbocycles. The minimum absolute atomic E-state index is 0.0573. The van der Waals surface area contributed by atoms with E-state index < -0.39 is 5.82 Å². The molecule has 2 heterocycles. The SMILES string of the molecule is CCCc1cc(CN(C)c2ncc(F)c(OC)n2)[nH]n1. The van der Waals surface area contributed by atoms with E-state index in [1.807, 2.05) is 13.1 Å². The molecule has 0 atom stereocenters. The van der Waals surface area contributed by atoms with Crippen LogP contribution >= 0.6 is 0 Å². The molecule has 0 aliphatic rings. The number of aromatic nitrogens is 4. The maximum Gasteiger partial charge on any atom is 0.255 e. The van der Waals surface area contributed by atoms with Crippen LogP contribution in [0.1, 0.15) is 24.7 Å². The highest BCUT2D eigenvalue weighted by molar-refractivity contribution is 5.32. The summed E-state index contributed by atoms with van der Waals surface area (Å²) in [6, 6.07) is 2.01. The van der Waals surface area contributed by atoms with Crippen LogP contribution in [0.2, 0.25) is 0 Å². The second-order valence-electron chi connectivity index (χ2n) is 4.52. The van der Waals surface area contributed by atoms with Crippen molar-refractivity contribution in [1.82, 2.24) is 20.2 Å². The van der Waals surface area contributed by atoms with Gasteiger partial charge in [0.25, 0.3) is 5.88 Å². The molecule has 7 heteroatoms. The fourth-order valence-electron chi connectivity index (χ4n) is 1.87. The van der Waals surface area contributed by atoms with Gasteiger partial charge in [0.15, 0.2) is 0 Å². The first-order chi connectivity index (χ1) is 9.63. The summed E-state index contributed by atoms with van der Waals surface area (Å²) in [5.41, 5.74) is 2.00. The maximum absolute atomic E-state index is 13.3. The molecular formula is C13H18FN5O. The summed E-state index contributed by atoms with van der Waals surface area (Å²) in [6.45, 7) is 2.67. The van der Waals surface area contributed by atoms with E-state index >= 15 is 0 Å². The van der Waals surface area contributed by atoms with Crippen LogP contribution in [0.15, 0.2) is 12.3 Å². The summed E-state index contributed by atoms with van der Waals surface area (Å²) >= 11 is 0. The van der Waals surface area contributed by atoms with E-state index in [1.54, 1.807) is 4.90 Å². The normalized spacial score (nSPS) is 10.6. The lowest BCUT2D eigenvalue weighted by molar-refractivity contribution is 0.367. The van der Waals surface area contributed by atoms with Gasteiger partial charge in [-0.05, 0) is 12.5 Å². The zero-order valence-electron chi connectivity index (χ0n) is 11.9. The van der Waals surface area contributed by atoms with Crippen molar-refractivity contribution in [2.24, 2.45) is 0 Å². The third-order valence-electron chi connectivity index (χ3n) is 2.83. The fourth-order valence-corrected chi connectivity index (χ4v) is 1.87. The minimum atomic E-state index is -0.573. The molecule has 0 aliphatic heterocycles. The van der Waals surface area contributed by atoms with Gasteiger partial charge in [0.2, 0.25) is 11.8 Å². The van der Waals surface area contributed by atoms with Gasteiger partial charge in [0.1, 0.15) is 0 Å². The van der Waals surface area contributed by atoms with Gasteiger partial charge in [-0.15, -0.1) is 0 Å². The Bertz CT molecular complexity index is 572. The molecule has 1 N–H and O–H groups in total. The number of nitrogens with zero attached hydrogens (tertiary/aromatic N) is 4. The summed E-state index contributed by atoms with van der Waals surface area (Å²) in [5, 5.41) is 7.20. The average Bonchev–Trinajstić information content (AvgIpc) is 2.87. The van der Waals surface area contributed by atoms with Crippen molar-refractivity contribution < 1.29 is 9.13 Å². The van der Waals surface area contributed by atoms with Gasteiger partial charge in [0.05, 0.1) is 31.2 Å². The number of halogens is 1. The van der Waals surface area contributed by atoms with Crippen molar-refractivity contribution in [2.45, 2.75) is 26.3 Å². The number of hydrogen-bond donors (Lipinski definition) is 1. The fraction of sp³-hybridized carbons (Fsp3) is 0.462. The van der Waals surface area contributed by atoms with E-state index in [0.717, 1.165) is 30.4 Å². The Kier molecular flexibility index (Phi) is 4.49. The minimum Gasteiger partial charge on any atom is -0.479 e. The average molecular weight is 279 g/mol. The van der Waals surface area contributed by atoms with E-state index in [9.17, 15) is 4.39 Å². The molecule has 2 rings (SSSR count). The smallest absolute Gasteiger partial charge is 0.255 e. The first-order valence-electron chi connectivity index (χ1n) is 6.44. The Morgan fingerprint density at radius 1 is 1.45 bits per heavy atom. The second-order valence-corrected chi connectivity index (χ2v) is 4.52. The summed E-state index contributed by atoms with van der Waals surface area (Å²) < 4.78 is 18.1. The van der Waals surface area contributed by atoms with Crippen LogP contribution in [0, 0.1) is 5.82 Å². The molecule has 6 nitrogen and oxygen atoms in total. The Morgan fingerprint density at radius 2 is 2.25 bits per heavy atom. The molecule has 0 unspecified atom stereocenters. The number of aromatic amines is 1. The zero-order valence-corrected chi connectivity index (χ0v) is 11.9. The van der Waals surface area contributed by atoms with E-state index in [-0.39, 0.29) is 5.88 Å². The highest BCUT2D eigenvalue weighted by atomic mass is 19.1. The van der Waals surface area contributed by atoms with Gasteiger partial charge in [-0.25, -0.2) is 4.98 Å². The number of ether oxygens (including phenoxy) is 1. The Labute approximate surface area is 117 Å². The molecule has 2 aromatic heterocycles. The van der Waals surface area contributed by atoms with Crippen LogP contribution in [-0.2, 0) is 13.0 Å². The lowest BCUT2D eigenvalue weighted by Crippen LogP contribution is -2.19. The van der Waals surface area contributed by atoms with Crippen molar-refractivity contribution in [3.63, 3.8) is 0 Å². The van der Waals surface area contributed by atoms with Crippen LogP contribution in [0.5, 0.6) is 5.88 Å². The predicted molar refractivity (Wildman–Crippen MR) is 73.2 cm³/mol. The molecule has 0 saturated carbocycles. The number of methoxy groups -OCH3 is 1. The van der Waals surface area contributed by atoms with E-state index in [1.165, 1.54) is 7.11 Å². The van der Waals surface area contributed by atoms with Crippen molar-refractivity contribution in [3.05, 3.63) is 29.5 Å². The number of H-pyrrole nitrogens is 1. The van der Waals surface area contributed by atoms with Gasteiger partial charge in [-0.3, -0.25) is 5.10 Å². The molecular weight excluding hydrogens is 261 g/mol.